The summed E-state index contributed by atoms with van der Waals surface area (Å²) in [5.74, 6) is 2.39. The molecule has 0 bridgehead atoms. The molecule has 0 aromatic heterocycles. The standard InChI is InChI=1S/C7H9Cl/c1-4-7(8)5-6(2)3/h1,5,7H,2-3H3. The summed E-state index contributed by atoms with van der Waals surface area (Å²) in [7, 11) is 0. The first-order chi connectivity index (χ1) is 3.66. The van der Waals surface area contributed by atoms with E-state index in [0.29, 0.717) is 0 Å². The Labute approximate surface area is 55.5 Å². The third-order valence-electron chi connectivity index (χ3n) is 0.639. The molecule has 0 heterocycles. The zero-order valence-electron chi connectivity index (χ0n) is 5.11. The monoisotopic (exact) mass is 128 g/mol. The molecule has 0 amide bonds. The summed E-state index contributed by atoms with van der Waals surface area (Å²) in [5, 5.41) is -0.236. The topological polar surface area (TPSA) is 0 Å². The molecule has 1 heteroatoms. The zero-order valence-corrected chi connectivity index (χ0v) is 5.87. The van der Waals surface area contributed by atoms with Gasteiger partial charge < -0.3 is 0 Å². The molecule has 0 aromatic carbocycles. The van der Waals surface area contributed by atoms with Gasteiger partial charge in [-0.2, -0.15) is 0 Å². The average Bonchev–Trinajstić information content (AvgIpc) is 1.65. The SMILES string of the molecule is C#CC(Cl)C=C(C)C. The average molecular weight is 129 g/mol. The first-order valence-electron chi connectivity index (χ1n) is 2.42. The van der Waals surface area contributed by atoms with Crippen molar-refractivity contribution in [3.63, 3.8) is 0 Å². The number of alkyl halides is 1. The molecule has 1 atom stereocenters. The van der Waals surface area contributed by atoms with E-state index < -0.39 is 0 Å². The van der Waals surface area contributed by atoms with E-state index >= 15 is 0 Å². The molecule has 44 valence electrons. The van der Waals surface area contributed by atoms with Crippen LogP contribution in [0, 0.1) is 12.3 Å². The van der Waals surface area contributed by atoms with Gasteiger partial charge in [0.05, 0.1) is 0 Å². The summed E-state index contributed by atoms with van der Waals surface area (Å²) in [4.78, 5) is 0. The summed E-state index contributed by atoms with van der Waals surface area (Å²) in [6.07, 6.45) is 6.83. The molecule has 0 N–H and O–H groups in total. The van der Waals surface area contributed by atoms with Gasteiger partial charge in [0.2, 0.25) is 0 Å². The van der Waals surface area contributed by atoms with Crippen LogP contribution in [0.25, 0.3) is 0 Å². The molecule has 0 aliphatic heterocycles. The molecule has 0 radical (unpaired) electrons. The molecule has 0 saturated heterocycles. The second kappa shape index (κ2) is 3.57. The Morgan fingerprint density at radius 2 is 2.25 bits per heavy atom. The van der Waals surface area contributed by atoms with Crippen LogP contribution in [0.2, 0.25) is 0 Å². The van der Waals surface area contributed by atoms with Crippen LogP contribution in [0.5, 0.6) is 0 Å². The van der Waals surface area contributed by atoms with Crippen molar-refractivity contribution < 1.29 is 0 Å². The lowest BCUT2D eigenvalue weighted by molar-refractivity contribution is 1.31. The number of hydrogen-bond acceptors (Lipinski definition) is 0. The highest BCUT2D eigenvalue weighted by Crippen LogP contribution is 1.99. The lowest BCUT2D eigenvalue weighted by Crippen LogP contribution is -1.85. The van der Waals surface area contributed by atoms with E-state index in [4.69, 9.17) is 18.0 Å². The molecule has 0 spiro atoms. The summed E-state index contributed by atoms with van der Waals surface area (Å²) >= 11 is 5.55. The van der Waals surface area contributed by atoms with Crippen LogP contribution in [0.1, 0.15) is 13.8 Å². The zero-order chi connectivity index (χ0) is 6.57. The third-order valence-corrected chi connectivity index (χ3v) is 0.891. The van der Waals surface area contributed by atoms with E-state index in [0.717, 1.165) is 5.57 Å². The number of allylic oxidation sites excluding steroid dienone is 2. The Bertz CT molecular complexity index is 124. The Balaban J connectivity index is 3.74. The minimum atomic E-state index is -0.236. The van der Waals surface area contributed by atoms with Gasteiger partial charge in [-0.15, -0.1) is 18.0 Å². The Hall–Kier alpha value is -0.410. The van der Waals surface area contributed by atoms with Gasteiger partial charge in [-0.3, -0.25) is 0 Å². The van der Waals surface area contributed by atoms with Crippen LogP contribution >= 0.6 is 11.6 Å². The molecule has 8 heavy (non-hydrogen) atoms. The first-order valence-corrected chi connectivity index (χ1v) is 2.85. The van der Waals surface area contributed by atoms with E-state index in [-0.39, 0.29) is 5.38 Å². The lowest BCUT2D eigenvalue weighted by Gasteiger charge is -1.90. The van der Waals surface area contributed by atoms with Crippen molar-refractivity contribution in [3.8, 4) is 12.3 Å². The Morgan fingerprint density at radius 3 is 2.38 bits per heavy atom. The minimum Gasteiger partial charge on any atom is -0.118 e. The molecule has 0 aliphatic rings. The highest BCUT2D eigenvalue weighted by atomic mass is 35.5. The second-order valence-corrected chi connectivity index (χ2v) is 2.28. The van der Waals surface area contributed by atoms with Crippen molar-refractivity contribution in [1.29, 1.82) is 0 Å². The first kappa shape index (κ1) is 7.59. The Kier molecular flexibility index (Phi) is 3.39. The predicted octanol–water partition coefficient (Wildman–Crippen LogP) is 2.19. The van der Waals surface area contributed by atoms with Crippen molar-refractivity contribution in [2.75, 3.05) is 0 Å². The van der Waals surface area contributed by atoms with Crippen LogP contribution in [0.3, 0.4) is 0 Å². The van der Waals surface area contributed by atoms with Gasteiger partial charge in [-0.25, -0.2) is 0 Å². The lowest BCUT2D eigenvalue weighted by atomic mass is 10.3. The summed E-state index contributed by atoms with van der Waals surface area (Å²) in [6, 6.07) is 0. The number of terminal acetylenes is 1. The van der Waals surface area contributed by atoms with Gasteiger partial charge >= 0.3 is 0 Å². The molecule has 0 saturated carbocycles. The molecule has 0 fully saturated rings. The molecule has 0 rings (SSSR count). The second-order valence-electron chi connectivity index (χ2n) is 1.81. The minimum absolute atomic E-state index is 0.236. The van der Waals surface area contributed by atoms with E-state index in [1.807, 2.05) is 19.9 Å². The number of rotatable bonds is 1. The highest BCUT2D eigenvalue weighted by molar-refractivity contribution is 6.23. The molecule has 1 unspecified atom stereocenters. The van der Waals surface area contributed by atoms with Crippen molar-refractivity contribution in [2.45, 2.75) is 19.2 Å². The predicted molar refractivity (Wildman–Crippen MR) is 37.9 cm³/mol. The van der Waals surface area contributed by atoms with Crippen LogP contribution in [0.15, 0.2) is 11.6 Å². The summed E-state index contributed by atoms with van der Waals surface area (Å²) in [5.41, 5.74) is 1.16. The molecular weight excluding hydrogens is 120 g/mol. The molecule has 0 aromatic rings. The maximum atomic E-state index is 5.55. The maximum absolute atomic E-state index is 5.55. The summed E-state index contributed by atoms with van der Waals surface area (Å²) in [6.45, 7) is 3.93. The fourth-order valence-corrected chi connectivity index (χ4v) is 0.593. The van der Waals surface area contributed by atoms with Gasteiger partial charge in [0.25, 0.3) is 0 Å². The van der Waals surface area contributed by atoms with E-state index in [1.165, 1.54) is 0 Å². The van der Waals surface area contributed by atoms with E-state index in [2.05, 4.69) is 5.92 Å². The molecular formula is C7H9Cl. The van der Waals surface area contributed by atoms with Crippen LogP contribution in [-0.2, 0) is 0 Å². The van der Waals surface area contributed by atoms with Gasteiger partial charge in [0.15, 0.2) is 0 Å². The fourth-order valence-electron chi connectivity index (χ4n) is 0.341. The van der Waals surface area contributed by atoms with Crippen LogP contribution in [-0.4, -0.2) is 5.38 Å². The fraction of sp³-hybridized carbons (Fsp3) is 0.429. The van der Waals surface area contributed by atoms with Crippen LogP contribution < -0.4 is 0 Å². The van der Waals surface area contributed by atoms with Gasteiger partial charge in [-0.1, -0.05) is 17.6 Å². The van der Waals surface area contributed by atoms with Crippen molar-refractivity contribution >= 4 is 11.6 Å². The van der Waals surface area contributed by atoms with Crippen LogP contribution in [0.4, 0.5) is 0 Å². The van der Waals surface area contributed by atoms with Crippen molar-refractivity contribution in [2.24, 2.45) is 0 Å². The molecule has 0 nitrogen and oxygen atoms in total. The molecule has 0 aliphatic carbocycles. The summed E-state index contributed by atoms with van der Waals surface area (Å²) < 4.78 is 0. The highest BCUT2D eigenvalue weighted by Gasteiger charge is 1.89. The van der Waals surface area contributed by atoms with Crippen molar-refractivity contribution in [3.05, 3.63) is 11.6 Å². The van der Waals surface area contributed by atoms with E-state index in [1.54, 1.807) is 0 Å². The van der Waals surface area contributed by atoms with Gasteiger partial charge in [0, 0.05) is 0 Å². The smallest absolute Gasteiger partial charge is 0.112 e. The van der Waals surface area contributed by atoms with Crippen molar-refractivity contribution in [1.82, 2.24) is 0 Å². The number of halogens is 1. The van der Waals surface area contributed by atoms with E-state index in [9.17, 15) is 0 Å². The van der Waals surface area contributed by atoms with Gasteiger partial charge in [0.1, 0.15) is 5.38 Å². The van der Waals surface area contributed by atoms with Gasteiger partial charge in [-0.05, 0) is 13.8 Å². The normalized spacial score (nSPS) is 11.8. The number of hydrogen-bond donors (Lipinski definition) is 0. The quantitative estimate of drug-likeness (QED) is 0.289. The third kappa shape index (κ3) is 3.77. The largest absolute Gasteiger partial charge is 0.118 e. The Morgan fingerprint density at radius 1 is 1.75 bits per heavy atom. The maximum Gasteiger partial charge on any atom is 0.112 e.